The molecular weight excluding hydrogens is 226 g/mol. The Bertz CT molecular complexity index is 355. The number of phenols is 1. The molecule has 1 atom stereocenters. The van der Waals surface area contributed by atoms with Crippen molar-refractivity contribution in [3.8, 4) is 5.75 Å². The summed E-state index contributed by atoms with van der Waals surface area (Å²) in [5, 5.41) is 11.9. The molecular formula is C12H16ClNO2. The molecule has 2 N–H and O–H groups in total. The number of hydrogen-bond acceptors (Lipinski definition) is 2. The summed E-state index contributed by atoms with van der Waals surface area (Å²) in [5.74, 6) is -0.124. The van der Waals surface area contributed by atoms with Crippen LogP contribution < -0.4 is 5.32 Å². The summed E-state index contributed by atoms with van der Waals surface area (Å²) in [4.78, 5) is 11.6. The number of alkyl halides is 1. The molecule has 0 radical (unpaired) electrons. The normalized spacial score (nSPS) is 12.1. The number of benzene rings is 1. The minimum Gasteiger partial charge on any atom is -0.508 e. The number of carbonyl (C=O) groups is 1. The fraction of sp³-hybridized carbons (Fsp3) is 0.417. The molecule has 0 saturated heterocycles. The van der Waals surface area contributed by atoms with Crippen LogP contribution in [0.5, 0.6) is 5.75 Å². The van der Waals surface area contributed by atoms with E-state index in [0.717, 1.165) is 12.8 Å². The predicted octanol–water partition coefficient (Wildman–Crippen LogP) is 2.53. The lowest BCUT2D eigenvalue weighted by Gasteiger charge is -2.09. The van der Waals surface area contributed by atoms with Crippen molar-refractivity contribution >= 4 is 17.5 Å². The summed E-state index contributed by atoms with van der Waals surface area (Å²) in [6.45, 7) is 2.50. The van der Waals surface area contributed by atoms with E-state index < -0.39 is 0 Å². The number of phenolic OH excluding ortho intramolecular Hbond substituents is 1. The fourth-order valence-electron chi connectivity index (χ4n) is 1.37. The van der Waals surface area contributed by atoms with Gasteiger partial charge in [0.05, 0.1) is 5.38 Å². The molecule has 0 aliphatic rings. The Morgan fingerprint density at radius 1 is 1.56 bits per heavy atom. The zero-order valence-corrected chi connectivity index (χ0v) is 10.00. The molecule has 1 unspecified atom stereocenters. The minimum absolute atomic E-state index is 0.0359. The van der Waals surface area contributed by atoms with E-state index in [2.05, 4.69) is 5.32 Å². The van der Waals surface area contributed by atoms with Crippen molar-refractivity contribution in [2.45, 2.75) is 25.1 Å². The van der Waals surface area contributed by atoms with Crippen LogP contribution >= 0.6 is 11.6 Å². The third-order valence-electron chi connectivity index (χ3n) is 2.19. The average molecular weight is 242 g/mol. The number of carbonyl (C=O) groups excluding carboxylic acids is 1. The molecule has 4 heteroatoms. The van der Waals surface area contributed by atoms with Crippen LogP contribution in [0.4, 0.5) is 0 Å². The van der Waals surface area contributed by atoms with Crippen molar-refractivity contribution in [3.63, 3.8) is 0 Å². The Morgan fingerprint density at radius 3 is 2.94 bits per heavy atom. The average Bonchev–Trinajstić information content (AvgIpc) is 2.26. The van der Waals surface area contributed by atoms with E-state index in [0.29, 0.717) is 12.1 Å². The van der Waals surface area contributed by atoms with Crippen LogP contribution in [0, 0.1) is 0 Å². The summed E-state index contributed by atoms with van der Waals surface area (Å²) < 4.78 is 0. The molecule has 88 valence electrons. The van der Waals surface area contributed by atoms with Gasteiger partial charge in [-0.2, -0.15) is 0 Å². The Hall–Kier alpha value is -1.22. The zero-order valence-electron chi connectivity index (χ0n) is 9.24. The summed E-state index contributed by atoms with van der Waals surface area (Å²) in [5.41, 5.74) is 0.445. The molecule has 1 amide bonds. The van der Waals surface area contributed by atoms with Crippen LogP contribution in [-0.4, -0.2) is 22.9 Å². The maximum atomic E-state index is 11.6. The van der Waals surface area contributed by atoms with Gasteiger partial charge in [0.15, 0.2) is 0 Å². The highest BCUT2D eigenvalue weighted by Crippen LogP contribution is 2.11. The molecule has 0 aromatic heterocycles. The highest BCUT2D eigenvalue weighted by molar-refractivity contribution is 6.20. The molecule has 0 aliphatic heterocycles. The van der Waals surface area contributed by atoms with Crippen LogP contribution in [0.15, 0.2) is 24.3 Å². The Kier molecular flexibility index (Phi) is 5.12. The van der Waals surface area contributed by atoms with Crippen molar-refractivity contribution in [1.29, 1.82) is 0 Å². The van der Waals surface area contributed by atoms with Gasteiger partial charge in [-0.05, 0) is 24.6 Å². The van der Waals surface area contributed by atoms with E-state index in [1.54, 1.807) is 12.1 Å². The first kappa shape index (κ1) is 12.8. The fourth-order valence-corrected chi connectivity index (χ4v) is 1.66. The molecule has 16 heavy (non-hydrogen) atoms. The maximum Gasteiger partial charge on any atom is 0.251 e. The number of rotatable bonds is 5. The third-order valence-corrected chi connectivity index (χ3v) is 2.57. The number of hydrogen-bond donors (Lipinski definition) is 2. The van der Waals surface area contributed by atoms with Gasteiger partial charge < -0.3 is 10.4 Å². The van der Waals surface area contributed by atoms with E-state index in [-0.39, 0.29) is 17.0 Å². The van der Waals surface area contributed by atoms with Gasteiger partial charge in [-0.1, -0.05) is 19.4 Å². The van der Waals surface area contributed by atoms with Gasteiger partial charge in [-0.3, -0.25) is 4.79 Å². The first-order valence-electron chi connectivity index (χ1n) is 5.34. The van der Waals surface area contributed by atoms with E-state index in [4.69, 9.17) is 11.6 Å². The van der Waals surface area contributed by atoms with Crippen molar-refractivity contribution in [2.75, 3.05) is 6.54 Å². The quantitative estimate of drug-likeness (QED) is 0.779. The molecule has 1 aromatic rings. The van der Waals surface area contributed by atoms with Gasteiger partial charge in [0.2, 0.25) is 0 Å². The van der Waals surface area contributed by atoms with Gasteiger partial charge in [0, 0.05) is 12.1 Å². The lowest BCUT2D eigenvalue weighted by atomic mass is 10.2. The van der Waals surface area contributed by atoms with E-state index in [1.807, 2.05) is 6.92 Å². The Balaban J connectivity index is 2.47. The van der Waals surface area contributed by atoms with Gasteiger partial charge in [0.25, 0.3) is 5.91 Å². The summed E-state index contributed by atoms with van der Waals surface area (Å²) in [6, 6.07) is 6.24. The van der Waals surface area contributed by atoms with Crippen molar-refractivity contribution in [1.82, 2.24) is 5.32 Å². The van der Waals surface area contributed by atoms with Crippen LogP contribution in [-0.2, 0) is 0 Å². The molecule has 1 aromatic carbocycles. The number of nitrogens with one attached hydrogen (secondary N) is 1. The van der Waals surface area contributed by atoms with Crippen LogP contribution in [0.2, 0.25) is 0 Å². The molecule has 0 aliphatic carbocycles. The Morgan fingerprint density at radius 2 is 2.31 bits per heavy atom. The molecule has 0 fully saturated rings. The van der Waals surface area contributed by atoms with E-state index >= 15 is 0 Å². The topological polar surface area (TPSA) is 49.3 Å². The number of aromatic hydroxyl groups is 1. The first-order chi connectivity index (χ1) is 7.63. The van der Waals surface area contributed by atoms with Crippen molar-refractivity contribution in [3.05, 3.63) is 29.8 Å². The second-order valence-corrected chi connectivity index (χ2v) is 4.26. The van der Waals surface area contributed by atoms with E-state index in [9.17, 15) is 9.90 Å². The highest BCUT2D eigenvalue weighted by Gasteiger charge is 2.08. The van der Waals surface area contributed by atoms with Gasteiger partial charge in [-0.15, -0.1) is 11.6 Å². The largest absolute Gasteiger partial charge is 0.508 e. The standard InChI is InChI=1S/C12H16ClNO2/c1-2-4-10(13)8-14-12(16)9-5-3-6-11(15)7-9/h3,5-7,10,15H,2,4,8H2,1H3,(H,14,16). The van der Waals surface area contributed by atoms with Crippen LogP contribution in [0.25, 0.3) is 0 Å². The monoisotopic (exact) mass is 241 g/mol. The highest BCUT2D eigenvalue weighted by atomic mass is 35.5. The summed E-state index contributed by atoms with van der Waals surface area (Å²) in [6.07, 6.45) is 1.87. The summed E-state index contributed by atoms with van der Waals surface area (Å²) in [7, 11) is 0. The predicted molar refractivity (Wildman–Crippen MR) is 65.0 cm³/mol. The van der Waals surface area contributed by atoms with Gasteiger partial charge >= 0.3 is 0 Å². The Labute approximate surface area is 100 Å². The van der Waals surface area contributed by atoms with Gasteiger partial charge in [-0.25, -0.2) is 0 Å². The molecule has 0 heterocycles. The molecule has 0 saturated carbocycles. The SMILES string of the molecule is CCCC(Cl)CNC(=O)c1cccc(O)c1. The number of amides is 1. The molecule has 0 bridgehead atoms. The molecule has 0 spiro atoms. The second kappa shape index (κ2) is 6.38. The molecule has 1 rings (SSSR count). The smallest absolute Gasteiger partial charge is 0.251 e. The van der Waals surface area contributed by atoms with Crippen LogP contribution in [0.3, 0.4) is 0 Å². The lowest BCUT2D eigenvalue weighted by molar-refractivity contribution is 0.0953. The first-order valence-corrected chi connectivity index (χ1v) is 5.78. The van der Waals surface area contributed by atoms with Gasteiger partial charge in [0.1, 0.15) is 5.75 Å². The summed E-state index contributed by atoms with van der Waals surface area (Å²) >= 11 is 5.98. The molecule has 3 nitrogen and oxygen atoms in total. The zero-order chi connectivity index (χ0) is 12.0. The third kappa shape index (κ3) is 4.11. The lowest BCUT2D eigenvalue weighted by Crippen LogP contribution is -2.29. The van der Waals surface area contributed by atoms with Crippen molar-refractivity contribution < 1.29 is 9.90 Å². The second-order valence-electron chi connectivity index (χ2n) is 3.65. The minimum atomic E-state index is -0.211. The number of halogens is 1. The van der Waals surface area contributed by atoms with Crippen molar-refractivity contribution in [2.24, 2.45) is 0 Å². The van der Waals surface area contributed by atoms with E-state index in [1.165, 1.54) is 12.1 Å². The van der Waals surface area contributed by atoms with Crippen LogP contribution in [0.1, 0.15) is 30.1 Å². The maximum absolute atomic E-state index is 11.6.